The van der Waals surface area contributed by atoms with Gasteiger partial charge in [-0.2, -0.15) is 0 Å². The number of benzene rings is 1. The maximum Gasteiger partial charge on any atom is 0.408 e. The van der Waals surface area contributed by atoms with E-state index in [-0.39, 0.29) is 6.61 Å². The molecule has 7 heteroatoms. The first-order valence-corrected chi connectivity index (χ1v) is 6.71. The van der Waals surface area contributed by atoms with Gasteiger partial charge in [-0.05, 0) is 17.7 Å². The number of hydrogen-bond acceptors (Lipinski definition) is 3. The average molecular weight is 314 g/mol. The van der Waals surface area contributed by atoms with Crippen molar-refractivity contribution in [2.24, 2.45) is 0 Å². The fraction of sp³-hybridized carbons (Fsp3) is 0.231. The van der Waals surface area contributed by atoms with Crippen LogP contribution >= 0.6 is 23.2 Å². The molecule has 2 aromatic rings. The predicted molar refractivity (Wildman–Crippen MR) is 76.9 cm³/mol. The number of nitrogens with one attached hydrogen (secondary N) is 1. The maximum absolute atomic E-state index is 11.4. The molecule has 2 rings (SSSR count). The lowest BCUT2D eigenvalue weighted by Crippen LogP contribution is -2.27. The zero-order chi connectivity index (χ0) is 14.4. The molecule has 20 heavy (non-hydrogen) atoms. The van der Waals surface area contributed by atoms with Gasteiger partial charge in [-0.15, -0.1) is 0 Å². The minimum absolute atomic E-state index is 0.247. The summed E-state index contributed by atoms with van der Waals surface area (Å²) in [6.45, 7) is 0.567. The lowest BCUT2D eigenvalue weighted by molar-refractivity contribution is 0.144. The van der Waals surface area contributed by atoms with Gasteiger partial charge in [0.1, 0.15) is 0 Å². The fourth-order valence-corrected chi connectivity index (χ4v) is 2.07. The van der Waals surface area contributed by atoms with E-state index in [1.165, 1.54) is 0 Å². The van der Waals surface area contributed by atoms with Crippen LogP contribution in [0.25, 0.3) is 0 Å². The van der Waals surface area contributed by atoms with Crippen molar-refractivity contribution in [3.8, 4) is 0 Å². The van der Waals surface area contributed by atoms with Gasteiger partial charge < -0.3 is 14.6 Å². The number of carbonyl (C=O) groups is 1. The minimum Gasteiger partial charge on any atom is -0.449 e. The van der Waals surface area contributed by atoms with Crippen LogP contribution in [0, 0.1) is 0 Å². The van der Waals surface area contributed by atoms with Gasteiger partial charge in [0, 0.05) is 28.9 Å². The Morgan fingerprint density at radius 3 is 2.95 bits per heavy atom. The number of rotatable bonds is 5. The van der Waals surface area contributed by atoms with Gasteiger partial charge in [0.05, 0.1) is 19.6 Å². The van der Waals surface area contributed by atoms with E-state index in [0.29, 0.717) is 23.1 Å². The molecule has 0 spiro atoms. The molecule has 106 valence electrons. The second kappa shape index (κ2) is 7.17. The number of carbonyl (C=O) groups excluding carboxylic acids is 1. The van der Waals surface area contributed by atoms with Crippen molar-refractivity contribution in [3.05, 3.63) is 52.5 Å². The molecule has 0 unspecified atom stereocenters. The highest BCUT2D eigenvalue weighted by Gasteiger charge is 2.04. The van der Waals surface area contributed by atoms with E-state index in [9.17, 15) is 4.79 Å². The van der Waals surface area contributed by atoms with E-state index in [2.05, 4.69) is 10.3 Å². The maximum atomic E-state index is 11.4. The summed E-state index contributed by atoms with van der Waals surface area (Å²) in [6.07, 6.45) is 5.04. The van der Waals surface area contributed by atoms with Crippen molar-refractivity contribution in [1.82, 2.24) is 14.9 Å². The Kier molecular flexibility index (Phi) is 5.26. The topological polar surface area (TPSA) is 56.2 Å². The summed E-state index contributed by atoms with van der Waals surface area (Å²) in [4.78, 5) is 15.3. The zero-order valence-corrected chi connectivity index (χ0v) is 12.1. The molecule has 0 bridgehead atoms. The van der Waals surface area contributed by atoms with E-state index in [4.69, 9.17) is 27.9 Å². The third-order valence-electron chi connectivity index (χ3n) is 2.58. The first-order valence-electron chi connectivity index (χ1n) is 5.95. The molecule has 0 aliphatic carbocycles. The number of alkyl carbamates (subject to hydrolysis) is 1. The first-order chi connectivity index (χ1) is 9.65. The largest absolute Gasteiger partial charge is 0.449 e. The average Bonchev–Trinajstić information content (AvgIpc) is 2.92. The van der Waals surface area contributed by atoms with Crippen LogP contribution in [0.2, 0.25) is 10.0 Å². The normalized spacial score (nSPS) is 10.3. The Balaban J connectivity index is 1.71. The van der Waals surface area contributed by atoms with Crippen LogP contribution < -0.4 is 5.32 Å². The Morgan fingerprint density at radius 1 is 1.40 bits per heavy atom. The third-order valence-corrected chi connectivity index (χ3v) is 3.17. The standard InChI is InChI=1S/C13H13Cl2N3O2/c14-11-2-1-10(12(15)7-11)3-6-20-13(19)17-9-18-5-4-16-8-18/h1-2,4-5,7-8H,3,6,9H2,(H,17,19). The third kappa shape index (κ3) is 4.43. The van der Waals surface area contributed by atoms with E-state index in [1.807, 2.05) is 6.07 Å². The summed E-state index contributed by atoms with van der Waals surface area (Å²) < 4.78 is 6.77. The second-order valence-electron chi connectivity index (χ2n) is 4.03. The molecule has 0 fully saturated rings. The van der Waals surface area contributed by atoms with Crippen LogP contribution in [-0.2, 0) is 17.8 Å². The molecule has 0 saturated heterocycles. The summed E-state index contributed by atoms with van der Waals surface area (Å²) in [6, 6.07) is 5.23. The van der Waals surface area contributed by atoms with Crippen LogP contribution in [0.3, 0.4) is 0 Å². The van der Waals surface area contributed by atoms with E-state index < -0.39 is 6.09 Å². The summed E-state index contributed by atoms with van der Waals surface area (Å²) in [5, 5.41) is 3.75. The van der Waals surface area contributed by atoms with Crippen molar-refractivity contribution in [2.75, 3.05) is 6.61 Å². The SMILES string of the molecule is O=C(NCn1ccnc1)OCCc1ccc(Cl)cc1Cl. The van der Waals surface area contributed by atoms with Gasteiger partial charge in [0.2, 0.25) is 0 Å². The number of hydrogen-bond donors (Lipinski definition) is 1. The number of amides is 1. The van der Waals surface area contributed by atoms with Crippen molar-refractivity contribution in [2.45, 2.75) is 13.1 Å². The van der Waals surface area contributed by atoms with Gasteiger partial charge in [0.15, 0.2) is 0 Å². The Labute approximate surface area is 126 Å². The summed E-state index contributed by atoms with van der Waals surface area (Å²) >= 11 is 11.8. The Bertz CT molecular complexity index is 573. The second-order valence-corrected chi connectivity index (χ2v) is 4.88. The number of imidazole rings is 1. The smallest absolute Gasteiger partial charge is 0.408 e. The molecule has 0 atom stereocenters. The van der Waals surface area contributed by atoms with Crippen LogP contribution in [0.15, 0.2) is 36.9 Å². The summed E-state index contributed by atoms with van der Waals surface area (Å²) in [5.41, 5.74) is 0.887. The van der Waals surface area contributed by atoms with Crippen molar-refractivity contribution < 1.29 is 9.53 Å². The zero-order valence-electron chi connectivity index (χ0n) is 10.6. The van der Waals surface area contributed by atoms with Gasteiger partial charge in [-0.3, -0.25) is 0 Å². The van der Waals surface area contributed by atoms with Gasteiger partial charge >= 0.3 is 6.09 Å². The Morgan fingerprint density at radius 2 is 2.25 bits per heavy atom. The molecule has 0 saturated carbocycles. The molecule has 1 N–H and O–H groups in total. The van der Waals surface area contributed by atoms with Gasteiger partial charge in [0.25, 0.3) is 0 Å². The molecular weight excluding hydrogens is 301 g/mol. The number of aromatic nitrogens is 2. The number of ether oxygens (including phenoxy) is 1. The summed E-state index contributed by atoms with van der Waals surface area (Å²) in [7, 11) is 0. The van der Waals surface area contributed by atoms with Crippen LogP contribution in [0.1, 0.15) is 5.56 Å². The van der Waals surface area contributed by atoms with E-state index in [1.54, 1.807) is 35.4 Å². The van der Waals surface area contributed by atoms with Gasteiger partial charge in [-0.1, -0.05) is 29.3 Å². The minimum atomic E-state index is -0.483. The lowest BCUT2D eigenvalue weighted by Gasteiger charge is -2.08. The molecule has 0 aliphatic rings. The fourth-order valence-electron chi connectivity index (χ4n) is 1.57. The molecule has 1 aromatic carbocycles. The molecule has 5 nitrogen and oxygen atoms in total. The molecular formula is C13H13Cl2N3O2. The predicted octanol–water partition coefficient (Wildman–Crippen LogP) is 3.12. The van der Waals surface area contributed by atoms with Gasteiger partial charge in [-0.25, -0.2) is 9.78 Å². The van der Waals surface area contributed by atoms with Crippen molar-refractivity contribution >= 4 is 29.3 Å². The molecule has 0 aliphatic heterocycles. The number of halogens is 2. The molecule has 1 heterocycles. The molecule has 1 aromatic heterocycles. The van der Waals surface area contributed by atoms with Crippen molar-refractivity contribution in [1.29, 1.82) is 0 Å². The highest BCUT2D eigenvalue weighted by atomic mass is 35.5. The monoisotopic (exact) mass is 313 g/mol. The van der Waals surface area contributed by atoms with Crippen LogP contribution in [0.4, 0.5) is 4.79 Å². The van der Waals surface area contributed by atoms with Crippen molar-refractivity contribution in [3.63, 3.8) is 0 Å². The highest BCUT2D eigenvalue weighted by Crippen LogP contribution is 2.21. The van der Waals surface area contributed by atoms with Crippen LogP contribution in [0.5, 0.6) is 0 Å². The van der Waals surface area contributed by atoms with Crippen LogP contribution in [-0.4, -0.2) is 22.3 Å². The summed E-state index contributed by atoms with van der Waals surface area (Å²) in [5.74, 6) is 0. The Hall–Kier alpha value is -1.72. The lowest BCUT2D eigenvalue weighted by atomic mass is 10.2. The quantitative estimate of drug-likeness (QED) is 0.922. The first kappa shape index (κ1) is 14.7. The van der Waals surface area contributed by atoms with E-state index >= 15 is 0 Å². The number of nitrogens with zero attached hydrogens (tertiary/aromatic N) is 2. The molecule has 0 radical (unpaired) electrons. The molecule has 1 amide bonds. The van der Waals surface area contributed by atoms with E-state index in [0.717, 1.165) is 5.56 Å². The highest BCUT2D eigenvalue weighted by molar-refractivity contribution is 6.35.